The van der Waals surface area contributed by atoms with E-state index in [4.69, 9.17) is 4.74 Å². The molecular formula is C15H20N2O4. The lowest BCUT2D eigenvalue weighted by molar-refractivity contribution is -0.140. The van der Waals surface area contributed by atoms with Crippen LogP contribution in [-0.4, -0.2) is 41.2 Å². The van der Waals surface area contributed by atoms with Gasteiger partial charge in [-0.25, -0.2) is 14.6 Å². The van der Waals surface area contributed by atoms with E-state index in [9.17, 15) is 14.7 Å². The van der Waals surface area contributed by atoms with Crippen molar-refractivity contribution in [3.8, 4) is 0 Å². The third-order valence-electron chi connectivity index (χ3n) is 3.74. The lowest BCUT2D eigenvalue weighted by Gasteiger charge is -2.38. The van der Waals surface area contributed by atoms with Gasteiger partial charge in [0.25, 0.3) is 0 Å². The second-order valence-corrected chi connectivity index (χ2v) is 5.19. The third kappa shape index (κ3) is 3.15. The number of nitrogens with zero attached hydrogens (tertiary/aromatic N) is 2. The highest BCUT2D eigenvalue weighted by atomic mass is 16.5. The quantitative estimate of drug-likeness (QED) is 0.854. The zero-order valence-corrected chi connectivity index (χ0v) is 12.3. The van der Waals surface area contributed by atoms with Crippen molar-refractivity contribution in [2.24, 2.45) is 5.92 Å². The Morgan fingerprint density at radius 3 is 2.95 bits per heavy atom. The van der Waals surface area contributed by atoms with E-state index in [-0.39, 0.29) is 12.5 Å². The van der Waals surface area contributed by atoms with Crippen LogP contribution in [0, 0.1) is 5.92 Å². The maximum atomic E-state index is 12.0. The van der Waals surface area contributed by atoms with Gasteiger partial charge in [0.2, 0.25) is 0 Å². The zero-order valence-electron chi connectivity index (χ0n) is 12.3. The van der Waals surface area contributed by atoms with Gasteiger partial charge in [-0.2, -0.15) is 0 Å². The minimum Gasteiger partial charge on any atom is -0.480 e. The minimum atomic E-state index is -0.886. The number of anilines is 1. The highest BCUT2D eigenvalue weighted by Crippen LogP contribution is 2.30. The number of pyridine rings is 1. The molecule has 114 valence electrons. The largest absolute Gasteiger partial charge is 0.480 e. The Hall–Kier alpha value is -2.11. The molecule has 0 bridgehead atoms. The van der Waals surface area contributed by atoms with Gasteiger partial charge in [-0.05, 0) is 37.8 Å². The van der Waals surface area contributed by atoms with Gasteiger partial charge in [0.1, 0.15) is 17.4 Å². The Labute approximate surface area is 123 Å². The van der Waals surface area contributed by atoms with Gasteiger partial charge < -0.3 is 14.7 Å². The van der Waals surface area contributed by atoms with E-state index in [1.807, 2.05) is 6.92 Å². The molecule has 0 amide bonds. The Balaban J connectivity index is 2.39. The topological polar surface area (TPSA) is 79.7 Å². The number of rotatable bonds is 4. The number of ether oxygens (including phenoxy) is 1. The third-order valence-corrected chi connectivity index (χ3v) is 3.74. The first-order chi connectivity index (χ1) is 10.1. The van der Waals surface area contributed by atoms with Gasteiger partial charge in [0.15, 0.2) is 0 Å². The molecule has 1 N–H and O–H groups in total. The Kier molecular flexibility index (Phi) is 4.77. The number of carboxylic acids is 1. The van der Waals surface area contributed by atoms with Gasteiger partial charge >= 0.3 is 11.9 Å². The van der Waals surface area contributed by atoms with Crippen LogP contribution in [0.15, 0.2) is 18.3 Å². The number of hydrogen-bond acceptors (Lipinski definition) is 5. The van der Waals surface area contributed by atoms with Crippen molar-refractivity contribution >= 4 is 17.8 Å². The van der Waals surface area contributed by atoms with E-state index in [1.54, 1.807) is 30.2 Å². The molecule has 6 nitrogen and oxygen atoms in total. The number of piperidine rings is 1. The number of carbonyl (C=O) groups excluding carboxylic acids is 1. The summed E-state index contributed by atoms with van der Waals surface area (Å²) >= 11 is 0. The van der Waals surface area contributed by atoms with E-state index >= 15 is 0 Å². The molecule has 21 heavy (non-hydrogen) atoms. The Morgan fingerprint density at radius 1 is 1.52 bits per heavy atom. The lowest BCUT2D eigenvalue weighted by atomic mass is 9.90. The van der Waals surface area contributed by atoms with E-state index < -0.39 is 18.0 Å². The first kappa shape index (κ1) is 15.3. The van der Waals surface area contributed by atoms with Crippen LogP contribution in [0.1, 0.15) is 37.0 Å². The fourth-order valence-electron chi connectivity index (χ4n) is 2.80. The predicted molar refractivity (Wildman–Crippen MR) is 77.4 cm³/mol. The summed E-state index contributed by atoms with van der Waals surface area (Å²) < 4.78 is 5.03. The van der Waals surface area contributed by atoms with E-state index in [0.717, 1.165) is 12.8 Å². The van der Waals surface area contributed by atoms with Gasteiger partial charge in [-0.15, -0.1) is 0 Å². The molecule has 0 aliphatic carbocycles. The summed E-state index contributed by atoms with van der Waals surface area (Å²) in [5.41, 5.74) is 0.319. The van der Waals surface area contributed by atoms with Crippen LogP contribution in [-0.2, 0) is 9.53 Å². The summed E-state index contributed by atoms with van der Waals surface area (Å²) in [5.74, 6) is -0.950. The van der Waals surface area contributed by atoms with Crippen LogP contribution in [0.5, 0.6) is 0 Å². The van der Waals surface area contributed by atoms with Crippen LogP contribution in [0.25, 0.3) is 0 Å². The number of aromatic nitrogens is 1. The number of hydrogen-bond donors (Lipinski definition) is 1. The fourth-order valence-corrected chi connectivity index (χ4v) is 2.80. The molecule has 2 rings (SSSR count). The van der Waals surface area contributed by atoms with E-state index in [2.05, 4.69) is 4.98 Å². The van der Waals surface area contributed by atoms with E-state index in [1.165, 1.54) is 0 Å². The van der Waals surface area contributed by atoms with Crippen molar-refractivity contribution in [3.05, 3.63) is 23.9 Å². The number of carbonyl (C=O) groups is 2. The molecule has 2 unspecified atom stereocenters. The number of esters is 1. The molecular weight excluding hydrogens is 272 g/mol. The summed E-state index contributed by atoms with van der Waals surface area (Å²) in [6.45, 7) is 4.49. The Bertz CT molecular complexity index is 532. The Morgan fingerprint density at radius 2 is 2.29 bits per heavy atom. The smallest absolute Gasteiger partial charge is 0.341 e. The molecule has 1 aliphatic rings. The normalized spacial score (nSPS) is 21.9. The van der Waals surface area contributed by atoms with Gasteiger partial charge in [0, 0.05) is 12.7 Å². The zero-order chi connectivity index (χ0) is 15.4. The molecule has 1 fully saturated rings. The summed E-state index contributed by atoms with van der Waals surface area (Å²) in [6.07, 6.45) is 3.30. The average Bonchev–Trinajstić information content (AvgIpc) is 2.47. The van der Waals surface area contributed by atoms with Crippen LogP contribution in [0.2, 0.25) is 0 Å². The lowest BCUT2D eigenvalue weighted by Crippen LogP contribution is -2.50. The van der Waals surface area contributed by atoms with E-state index in [0.29, 0.717) is 17.9 Å². The fraction of sp³-hybridized carbons (Fsp3) is 0.533. The summed E-state index contributed by atoms with van der Waals surface area (Å²) in [7, 11) is 0. The monoisotopic (exact) mass is 292 g/mol. The SMILES string of the molecule is CCOC(=O)c1cccnc1N1CCCC(C)C1C(=O)O. The molecule has 0 spiro atoms. The van der Waals surface area contributed by atoms with Gasteiger partial charge in [0.05, 0.1) is 6.61 Å². The number of carboxylic acid groups (broad SMARTS) is 1. The molecule has 2 atom stereocenters. The molecule has 0 saturated carbocycles. The highest BCUT2D eigenvalue weighted by molar-refractivity contribution is 5.95. The summed E-state index contributed by atoms with van der Waals surface area (Å²) in [5, 5.41) is 9.49. The van der Waals surface area contributed by atoms with Gasteiger partial charge in [-0.3, -0.25) is 0 Å². The molecule has 6 heteroatoms. The van der Waals surface area contributed by atoms with Gasteiger partial charge in [-0.1, -0.05) is 6.92 Å². The maximum Gasteiger partial charge on any atom is 0.341 e. The minimum absolute atomic E-state index is 0.00769. The molecule has 1 saturated heterocycles. The van der Waals surface area contributed by atoms with Crippen LogP contribution in [0.4, 0.5) is 5.82 Å². The molecule has 0 radical (unpaired) electrons. The molecule has 1 aromatic heterocycles. The average molecular weight is 292 g/mol. The molecule has 1 aromatic rings. The first-order valence-electron chi connectivity index (χ1n) is 7.17. The van der Waals surface area contributed by atoms with Crippen molar-refractivity contribution in [3.63, 3.8) is 0 Å². The molecule has 2 heterocycles. The van der Waals surface area contributed by atoms with Crippen molar-refractivity contribution in [2.75, 3.05) is 18.1 Å². The standard InChI is InChI=1S/C15H20N2O4/c1-3-21-15(20)11-7-4-8-16-13(11)17-9-5-6-10(2)12(17)14(18)19/h4,7-8,10,12H,3,5-6,9H2,1-2H3,(H,18,19). The predicted octanol–water partition coefficient (Wildman–Crippen LogP) is 1.95. The summed E-state index contributed by atoms with van der Waals surface area (Å²) in [6, 6.07) is 2.61. The van der Waals surface area contributed by atoms with Crippen LogP contribution >= 0.6 is 0 Å². The van der Waals surface area contributed by atoms with Crippen LogP contribution in [0.3, 0.4) is 0 Å². The van der Waals surface area contributed by atoms with Crippen molar-refractivity contribution < 1.29 is 19.4 Å². The second-order valence-electron chi connectivity index (χ2n) is 5.19. The highest BCUT2D eigenvalue weighted by Gasteiger charge is 2.36. The van der Waals surface area contributed by atoms with Crippen molar-refractivity contribution in [1.29, 1.82) is 0 Å². The second kappa shape index (κ2) is 6.56. The van der Waals surface area contributed by atoms with Crippen LogP contribution < -0.4 is 4.90 Å². The summed E-state index contributed by atoms with van der Waals surface area (Å²) in [4.78, 5) is 29.5. The first-order valence-corrected chi connectivity index (χ1v) is 7.17. The molecule has 1 aliphatic heterocycles. The van der Waals surface area contributed by atoms with Crippen molar-refractivity contribution in [1.82, 2.24) is 4.98 Å². The number of aliphatic carboxylic acids is 1. The maximum absolute atomic E-state index is 12.0. The van der Waals surface area contributed by atoms with Crippen molar-refractivity contribution in [2.45, 2.75) is 32.7 Å². The molecule has 0 aromatic carbocycles.